The number of Topliss-reactive ketones (excluding diaryl/α,β-unsaturated/α-hetero) is 1. The fraction of sp³-hybridized carbons (Fsp3) is 0.731. The smallest absolute Gasteiger partial charge is 0.203 e. The van der Waals surface area contributed by atoms with E-state index < -0.39 is 0 Å². The highest BCUT2D eigenvalue weighted by molar-refractivity contribution is 5.98. The van der Waals surface area contributed by atoms with Crippen LogP contribution in [0.2, 0.25) is 0 Å². The Balaban J connectivity index is 2.75. The van der Waals surface area contributed by atoms with E-state index in [4.69, 9.17) is 65.0 Å². The van der Waals surface area contributed by atoms with Crippen LogP contribution in [0.25, 0.3) is 31.3 Å². The molecule has 0 heterocycles. The van der Waals surface area contributed by atoms with Crippen molar-refractivity contribution < 1.29 is 47.4 Å². The van der Waals surface area contributed by atoms with Gasteiger partial charge in [-0.3, -0.25) is 4.79 Å². The molecule has 0 saturated carbocycles. The zero-order chi connectivity index (χ0) is 33.3. The summed E-state index contributed by atoms with van der Waals surface area (Å²) in [4.78, 5) is 20.5. The minimum absolute atomic E-state index is 0.126. The number of nitrogens with two attached hydrogens (primary N) is 1. The maximum Gasteiger partial charge on any atom is 0.203 e. The number of carbonyl (C=O) groups is 1. The molecule has 20 heteroatoms. The maximum absolute atomic E-state index is 12.5. The van der Waals surface area contributed by atoms with Gasteiger partial charge in [-0.2, -0.15) is 0 Å². The van der Waals surface area contributed by atoms with Gasteiger partial charge < -0.3 is 48.4 Å². The Morgan fingerprint density at radius 1 is 0.543 bits per heavy atom. The number of rotatable bonds is 32. The van der Waals surface area contributed by atoms with Crippen LogP contribution in [0.15, 0.2) is 27.5 Å². The van der Waals surface area contributed by atoms with E-state index in [1.54, 1.807) is 0 Å². The normalized spacial score (nSPS) is 10.4. The number of nitrogens with zero attached hydrogens (tertiary/aromatic N) is 9. The second kappa shape index (κ2) is 29.6. The minimum Gasteiger partial charge on any atom is -0.487 e. The van der Waals surface area contributed by atoms with Gasteiger partial charge in [0.25, 0.3) is 0 Å². The molecule has 0 atom stereocenters. The number of hydrogen-bond donors (Lipinski definition) is 1. The van der Waals surface area contributed by atoms with Crippen LogP contribution in [0.3, 0.4) is 0 Å². The van der Waals surface area contributed by atoms with Gasteiger partial charge >= 0.3 is 0 Å². The topological polar surface area (TPSA) is 272 Å². The molecular weight excluding hydrogens is 612 g/mol. The van der Waals surface area contributed by atoms with Crippen molar-refractivity contribution in [3.8, 4) is 17.2 Å². The molecule has 0 radical (unpaired) electrons. The van der Waals surface area contributed by atoms with Gasteiger partial charge in [-0.1, -0.05) is 15.3 Å². The predicted octanol–water partition coefficient (Wildman–Crippen LogP) is 2.99. The summed E-state index contributed by atoms with van der Waals surface area (Å²) in [6.07, 6.45) is 0. The molecule has 20 nitrogen and oxygen atoms in total. The van der Waals surface area contributed by atoms with Crippen molar-refractivity contribution in [3.63, 3.8) is 0 Å². The summed E-state index contributed by atoms with van der Waals surface area (Å²) in [5.74, 6) is 0.428. The summed E-state index contributed by atoms with van der Waals surface area (Å²) in [5, 5.41) is 10.2. The Hall–Kier alpha value is -4.06. The Morgan fingerprint density at radius 3 is 1.22 bits per heavy atom. The lowest BCUT2D eigenvalue weighted by Gasteiger charge is -2.19. The first-order valence-corrected chi connectivity index (χ1v) is 14.5. The first-order valence-electron chi connectivity index (χ1n) is 14.5. The monoisotopic (exact) mass is 654 g/mol. The van der Waals surface area contributed by atoms with Crippen LogP contribution in [0.5, 0.6) is 17.2 Å². The van der Waals surface area contributed by atoms with E-state index >= 15 is 0 Å². The molecule has 0 bridgehead atoms. The second-order valence-electron chi connectivity index (χ2n) is 8.51. The van der Waals surface area contributed by atoms with Crippen molar-refractivity contribution >= 4 is 5.78 Å². The summed E-state index contributed by atoms with van der Waals surface area (Å²) in [7, 11) is 0. The van der Waals surface area contributed by atoms with Crippen molar-refractivity contribution in [3.05, 3.63) is 49.0 Å². The molecule has 1 rings (SSSR count). The summed E-state index contributed by atoms with van der Waals surface area (Å²) in [6.45, 7) is 4.25. The summed E-state index contributed by atoms with van der Waals surface area (Å²) in [6, 6.07) is 3.05. The van der Waals surface area contributed by atoms with Gasteiger partial charge in [0.1, 0.15) is 19.8 Å². The third-order valence-electron chi connectivity index (χ3n) is 5.29. The molecule has 0 aliphatic rings. The van der Waals surface area contributed by atoms with Crippen molar-refractivity contribution in [1.82, 2.24) is 0 Å². The van der Waals surface area contributed by atoms with Crippen LogP contribution in [0.4, 0.5) is 0 Å². The number of benzene rings is 1. The fourth-order valence-electron chi connectivity index (χ4n) is 3.25. The molecule has 0 spiro atoms. The van der Waals surface area contributed by atoms with E-state index in [1.165, 1.54) is 12.1 Å². The van der Waals surface area contributed by atoms with Crippen LogP contribution in [0.1, 0.15) is 10.4 Å². The summed E-state index contributed by atoms with van der Waals surface area (Å²) >= 11 is 0. The summed E-state index contributed by atoms with van der Waals surface area (Å²) < 4.78 is 50.3. The molecule has 0 fully saturated rings. The predicted molar refractivity (Wildman–Crippen MR) is 163 cm³/mol. The Bertz CT molecular complexity index is 1060. The first kappa shape index (κ1) is 40.0. The second-order valence-corrected chi connectivity index (χ2v) is 8.51. The fourth-order valence-corrected chi connectivity index (χ4v) is 3.25. The van der Waals surface area contributed by atoms with Crippen LogP contribution in [0, 0.1) is 0 Å². The van der Waals surface area contributed by atoms with E-state index in [0.717, 1.165) is 0 Å². The van der Waals surface area contributed by atoms with E-state index in [2.05, 4.69) is 30.1 Å². The number of ether oxygens (including phenoxy) is 9. The molecule has 1 aromatic carbocycles. The number of ketones is 1. The van der Waals surface area contributed by atoms with Gasteiger partial charge in [-0.05, 0) is 28.7 Å². The molecule has 0 amide bonds. The Kier molecular flexibility index (Phi) is 25.8. The van der Waals surface area contributed by atoms with Gasteiger partial charge in [-0.15, -0.1) is 0 Å². The standard InChI is InChI=1S/C26H42N10O10/c27-21-23(37)22-19-24(44-16-13-41-10-7-38-4-1-31-34-28)26(46-18-15-43-12-9-40-6-3-33-36-30)25(20-22)45-17-14-42-11-8-39-5-2-32-35-29/h19-20H,1-18,21,27H2. The average Bonchev–Trinajstić information content (AvgIpc) is 3.07. The third-order valence-corrected chi connectivity index (χ3v) is 5.29. The largest absolute Gasteiger partial charge is 0.487 e. The van der Waals surface area contributed by atoms with Crippen molar-refractivity contribution in [2.24, 2.45) is 21.1 Å². The van der Waals surface area contributed by atoms with Gasteiger partial charge in [0.15, 0.2) is 17.3 Å². The first-order chi connectivity index (χ1) is 22.7. The molecule has 0 aliphatic heterocycles. The highest BCUT2D eigenvalue weighted by Crippen LogP contribution is 2.39. The SMILES string of the molecule is [N-]=[N+]=NCCOCCOCCOc1cc(C(=O)CN)cc(OCCOCCOCCN=[N+]=[N-])c1OCCOCCOCCN=[N+]=[N-]. The molecule has 256 valence electrons. The van der Waals surface area contributed by atoms with E-state index in [9.17, 15) is 4.79 Å². The van der Waals surface area contributed by atoms with Crippen LogP contribution in [-0.2, 0) is 28.4 Å². The van der Waals surface area contributed by atoms with Crippen molar-refractivity contribution in [2.75, 3.05) is 125 Å². The van der Waals surface area contributed by atoms with Crippen molar-refractivity contribution in [2.45, 2.75) is 0 Å². The quantitative estimate of drug-likeness (QED) is 0.0387. The highest BCUT2D eigenvalue weighted by Gasteiger charge is 2.19. The molecule has 0 aliphatic carbocycles. The van der Waals surface area contributed by atoms with Crippen LogP contribution in [-0.4, -0.2) is 131 Å². The lowest BCUT2D eigenvalue weighted by Crippen LogP contribution is -2.17. The summed E-state index contributed by atoms with van der Waals surface area (Å²) in [5.41, 5.74) is 30.7. The highest BCUT2D eigenvalue weighted by atomic mass is 16.6. The van der Waals surface area contributed by atoms with E-state index in [0.29, 0.717) is 59.5 Å². The van der Waals surface area contributed by atoms with Gasteiger partial charge in [0, 0.05) is 39.9 Å². The lowest BCUT2D eigenvalue weighted by atomic mass is 10.1. The average molecular weight is 655 g/mol. The van der Waals surface area contributed by atoms with Gasteiger partial charge in [0.05, 0.1) is 85.8 Å². The van der Waals surface area contributed by atoms with E-state index in [1.807, 2.05) is 0 Å². The number of carbonyl (C=O) groups excluding carboxylic acids is 1. The van der Waals surface area contributed by atoms with Gasteiger partial charge in [0.2, 0.25) is 5.75 Å². The lowest BCUT2D eigenvalue weighted by molar-refractivity contribution is 0.0331. The molecule has 0 unspecified atom stereocenters. The number of azide groups is 3. The van der Waals surface area contributed by atoms with Crippen molar-refractivity contribution in [1.29, 1.82) is 0 Å². The minimum atomic E-state index is -0.326. The molecule has 0 saturated heterocycles. The maximum atomic E-state index is 12.5. The Labute approximate surface area is 266 Å². The zero-order valence-corrected chi connectivity index (χ0v) is 25.8. The molecule has 2 N–H and O–H groups in total. The number of hydrogen-bond acceptors (Lipinski definition) is 14. The molecule has 1 aromatic rings. The van der Waals surface area contributed by atoms with Gasteiger partial charge in [-0.25, -0.2) is 0 Å². The third kappa shape index (κ3) is 20.8. The van der Waals surface area contributed by atoms with Crippen LogP contribution < -0.4 is 19.9 Å². The molecule has 0 aromatic heterocycles. The molecular formula is C26H42N10O10. The van der Waals surface area contributed by atoms with Crippen LogP contribution >= 0.6 is 0 Å². The zero-order valence-electron chi connectivity index (χ0n) is 25.8. The Morgan fingerprint density at radius 2 is 0.870 bits per heavy atom. The van der Waals surface area contributed by atoms with E-state index in [-0.39, 0.29) is 94.4 Å². The molecule has 46 heavy (non-hydrogen) atoms.